The summed E-state index contributed by atoms with van der Waals surface area (Å²) in [6, 6.07) is 9.85. The first-order valence-corrected chi connectivity index (χ1v) is 9.98. The van der Waals surface area contributed by atoms with Gasteiger partial charge in [-0.15, -0.1) is 0 Å². The highest BCUT2D eigenvalue weighted by molar-refractivity contribution is 5.80. The van der Waals surface area contributed by atoms with Crippen molar-refractivity contribution in [3.05, 3.63) is 35.9 Å². The molecule has 1 aromatic rings. The predicted octanol–water partition coefficient (Wildman–Crippen LogP) is 1.13. The number of nitrogens with zero attached hydrogens (tertiary/aromatic N) is 2. The first-order chi connectivity index (χ1) is 13.3. The topological polar surface area (TPSA) is 95.7 Å². The van der Waals surface area contributed by atoms with Crippen LogP contribution in [0.25, 0.3) is 0 Å². The van der Waals surface area contributed by atoms with Crippen LogP contribution in [-0.2, 0) is 20.9 Å². The molecule has 3 N–H and O–H groups in total. The zero-order valence-electron chi connectivity index (χ0n) is 16.9. The van der Waals surface area contributed by atoms with Crippen LogP contribution in [0.15, 0.2) is 30.3 Å². The van der Waals surface area contributed by atoms with E-state index in [1.165, 1.54) is 0 Å². The Hall–Kier alpha value is -2.41. The van der Waals surface area contributed by atoms with Gasteiger partial charge in [0.1, 0.15) is 0 Å². The van der Waals surface area contributed by atoms with Crippen molar-refractivity contribution in [2.24, 2.45) is 11.7 Å². The van der Waals surface area contributed by atoms with Crippen molar-refractivity contribution in [1.29, 1.82) is 0 Å². The van der Waals surface area contributed by atoms with Gasteiger partial charge in [0.25, 0.3) is 0 Å². The lowest BCUT2D eigenvalue weighted by atomic mass is 9.95. The largest absolute Gasteiger partial charge is 0.370 e. The fourth-order valence-electron chi connectivity index (χ4n) is 3.39. The number of nitrogens with two attached hydrogens (primary N) is 1. The second-order valence-corrected chi connectivity index (χ2v) is 7.73. The van der Waals surface area contributed by atoms with Crippen LogP contribution in [0.4, 0.5) is 0 Å². The molecule has 0 aromatic heterocycles. The van der Waals surface area contributed by atoms with E-state index in [4.69, 9.17) is 5.73 Å². The molecule has 0 atom stereocenters. The van der Waals surface area contributed by atoms with Gasteiger partial charge in [-0.05, 0) is 45.3 Å². The number of likely N-dealkylation sites (tertiary alicyclic amines) is 1. The number of carbonyl (C=O) groups excluding carboxylic acids is 3. The van der Waals surface area contributed by atoms with Crippen molar-refractivity contribution < 1.29 is 14.4 Å². The molecule has 1 aromatic carbocycles. The van der Waals surface area contributed by atoms with Crippen LogP contribution in [0.2, 0.25) is 0 Å². The average molecular weight is 389 g/mol. The molecule has 1 aliphatic rings. The second kappa shape index (κ2) is 10.8. The van der Waals surface area contributed by atoms with Crippen LogP contribution in [0.5, 0.6) is 0 Å². The Morgan fingerprint density at radius 3 is 2.39 bits per heavy atom. The summed E-state index contributed by atoms with van der Waals surface area (Å²) in [5.74, 6) is -0.310. The molecule has 0 spiro atoms. The molecule has 1 saturated heterocycles. The van der Waals surface area contributed by atoms with E-state index < -0.39 is 5.91 Å². The SMILES string of the molecule is CC(C)NC(=O)C1CCN(CC(=O)N(CCC(N)=O)Cc2ccccc2)CC1. The molecule has 0 aliphatic carbocycles. The zero-order valence-corrected chi connectivity index (χ0v) is 16.9. The lowest BCUT2D eigenvalue weighted by molar-refractivity contribution is -0.134. The molecule has 1 fully saturated rings. The van der Waals surface area contributed by atoms with Gasteiger partial charge in [-0.1, -0.05) is 30.3 Å². The molecule has 7 nitrogen and oxygen atoms in total. The van der Waals surface area contributed by atoms with Crippen LogP contribution in [0, 0.1) is 5.92 Å². The number of amides is 3. The number of benzene rings is 1. The number of primary amides is 1. The van der Waals surface area contributed by atoms with Crippen molar-refractivity contribution in [1.82, 2.24) is 15.1 Å². The summed E-state index contributed by atoms with van der Waals surface area (Å²) < 4.78 is 0. The van der Waals surface area contributed by atoms with E-state index in [1.807, 2.05) is 44.2 Å². The van der Waals surface area contributed by atoms with E-state index >= 15 is 0 Å². The van der Waals surface area contributed by atoms with E-state index in [1.54, 1.807) is 4.90 Å². The fraction of sp³-hybridized carbons (Fsp3) is 0.571. The number of carbonyl (C=O) groups is 3. The molecule has 7 heteroatoms. The maximum atomic E-state index is 12.8. The van der Waals surface area contributed by atoms with Gasteiger partial charge < -0.3 is 16.0 Å². The number of hydrogen-bond acceptors (Lipinski definition) is 4. The quantitative estimate of drug-likeness (QED) is 0.663. The third-order valence-electron chi connectivity index (χ3n) is 4.95. The number of rotatable bonds is 9. The molecule has 1 heterocycles. The Kier molecular flexibility index (Phi) is 8.44. The lowest BCUT2D eigenvalue weighted by Gasteiger charge is -2.33. The van der Waals surface area contributed by atoms with Gasteiger partial charge in [-0.25, -0.2) is 0 Å². The molecule has 28 heavy (non-hydrogen) atoms. The lowest BCUT2D eigenvalue weighted by Crippen LogP contribution is -2.46. The summed E-state index contributed by atoms with van der Waals surface area (Å²) in [6.07, 6.45) is 1.66. The number of piperidine rings is 1. The van der Waals surface area contributed by atoms with Gasteiger partial charge >= 0.3 is 0 Å². The standard InChI is InChI=1S/C21H32N4O3/c1-16(2)23-21(28)18-8-11-24(12-9-18)15-20(27)25(13-10-19(22)26)14-17-6-4-3-5-7-17/h3-7,16,18H,8-15H2,1-2H3,(H2,22,26)(H,23,28). The monoisotopic (exact) mass is 388 g/mol. The highest BCUT2D eigenvalue weighted by Gasteiger charge is 2.27. The van der Waals surface area contributed by atoms with Crippen LogP contribution < -0.4 is 11.1 Å². The Morgan fingerprint density at radius 2 is 1.82 bits per heavy atom. The van der Waals surface area contributed by atoms with Crippen molar-refractivity contribution in [2.75, 3.05) is 26.2 Å². The minimum Gasteiger partial charge on any atom is -0.370 e. The molecular formula is C21H32N4O3. The molecule has 1 aliphatic heterocycles. The molecule has 0 radical (unpaired) electrons. The van der Waals surface area contributed by atoms with E-state index in [-0.39, 0.29) is 30.2 Å². The van der Waals surface area contributed by atoms with E-state index in [0.717, 1.165) is 31.5 Å². The Labute approximate surface area is 167 Å². The van der Waals surface area contributed by atoms with Gasteiger partial charge in [0.2, 0.25) is 17.7 Å². The summed E-state index contributed by atoms with van der Waals surface area (Å²) in [7, 11) is 0. The normalized spacial score (nSPS) is 15.4. The molecular weight excluding hydrogens is 356 g/mol. The maximum Gasteiger partial charge on any atom is 0.237 e. The van der Waals surface area contributed by atoms with Crippen LogP contribution in [-0.4, -0.2) is 59.7 Å². The maximum absolute atomic E-state index is 12.8. The fourth-order valence-corrected chi connectivity index (χ4v) is 3.39. The summed E-state index contributed by atoms with van der Waals surface area (Å²) >= 11 is 0. The van der Waals surface area contributed by atoms with Crippen LogP contribution >= 0.6 is 0 Å². The van der Waals surface area contributed by atoms with Crippen molar-refractivity contribution in [3.8, 4) is 0 Å². The number of nitrogens with one attached hydrogen (secondary N) is 1. The van der Waals surface area contributed by atoms with Gasteiger partial charge in [-0.3, -0.25) is 19.3 Å². The smallest absolute Gasteiger partial charge is 0.237 e. The third-order valence-corrected chi connectivity index (χ3v) is 4.95. The van der Waals surface area contributed by atoms with Gasteiger partial charge in [-0.2, -0.15) is 0 Å². The van der Waals surface area contributed by atoms with Crippen LogP contribution in [0.3, 0.4) is 0 Å². The average Bonchev–Trinajstić information content (AvgIpc) is 2.65. The van der Waals surface area contributed by atoms with E-state index in [2.05, 4.69) is 10.2 Å². The molecule has 3 amide bonds. The summed E-state index contributed by atoms with van der Waals surface area (Å²) in [5.41, 5.74) is 6.29. The van der Waals surface area contributed by atoms with Gasteiger partial charge in [0, 0.05) is 31.5 Å². The minimum atomic E-state index is -0.414. The third kappa shape index (κ3) is 7.31. The van der Waals surface area contributed by atoms with Gasteiger partial charge in [0.05, 0.1) is 6.54 Å². The summed E-state index contributed by atoms with van der Waals surface area (Å²) in [5, 5.41) is 2.96. The van der Waals surface area contributed by atoms with Crippen molar-refractivity contribution in [2.45, 2.75) is 45.7 Å². The molecule has 0 saturated carbocycles. The summed E-state index contributed by atoms with van der Waals surface area (Å²) in [6.45, 7) is 6.42. The zero-order chi connectivity index (χ0) is 20.5. The first kappa shape index (κ1) is 21.9. The van der Waals surface area contributed by atoms with Gasteiger partial charge in [0.15, 0.2) is 0 Å². The van der Waals surface area contributed by atoms with E-state index in [0.29, 0.717) is 19.6 Å². The highest BCUT2D eigenvalue weighted by Crippen LogP contribution is 2.18. The Bertz CT molecular complexity index is 655. The Balaban J connectivity index is 1.88. The molecule has 0 bridgehead atoms. The number of hydrogen-bond donors (Lipinski definition) is 2. The first-order valence-electron chi connectivity index (χ1n) is 9.98. The molecule has 0 unspecified atom stereocenters. The molecule has 2 rings (SSSR count). The van der Waals surface area contributed by atoms with E-state index in [9.17, 15) is 14.4 Å². The highest BCUT2D eigenvalue weighted by atomic mass is 16.2. The molecule has 154 valence electrons. The van der Waals surface area contributed by atoms with Crippen molar-refractivity contribution >= 4 is 17.7 Å². The second-order valence-electron chi connectivity index (χ2n) is 7.73. The Morgan fingerprint density at radius 1 is 1.18 bits per heavy atom. The van der Waals surface area contributed by atoms with Crippen molar-refractivity contribution in [3.63, 3.8) is 0 Å². The summed E-state index contributed by atoms with van der Waals surface area (Å²) in [4.78, 5) is 40.0. The predicted molar refractivity (Wildman–Crippen MR) is 108 cm³/mol. The minimum absolute atomic E-state index is 0.0176. The van der Waals surface area contributed by atoms with Crippen LogP contribution in [0.1, 0.15) is 38.7 Å².